The summed E-state index contributed by atoms with van der Waals surface area (Å²) in [6, 6.07) is 16.8. The van der Waals surface area contributed by atoms with Crippen molar-refractivity contribution in [2.24, 2.45) is 5.92 Å². The summed E-state index contributed by atoms with van der Waals surface area (Å²) in [5, 5.41) is 11.3. The first-order valence-electron chi connectivity index (χ1n) is 9.52. The van der Waals surface area contributed by atoms with Crippen molar-refractivity contribution in [3.8, 4) is 0 Å². The highest BCUT2D eigenvalue weighted by Crippen LogP contribution is 2.48. The number of benzene rings is 2. The maximum absolute atomic E-state index is 12.8. The second-order valence-corrected chi connectivity index (χ2v) is 7.85. The molecule has 4 nitrogen and oxygen atoms in total. The molecular formula is C23H21ClO4. The molecule has 0 amide bonds. The maximum atomic E-state index is 12.8. The van der Waals surface area contributed by atoms with Crippen molar-refractivity contribution in [1.29, 1.82) is 0 Å². The number of hydrogen-bond donors (Lipinski definition) is 1. The summed E-state index contributed by atoms with van der Waals surface area (Å²) in [5.41, 5.74) is 2.03. The molecule has 0 bridgehead atoms. The van der Waals surface area contributed by atoms with Gasteiger partial charge in [0.15, 0.2) is 11.9 Å². The van der Waals surface area contributed by atoms with Crippen molar-refractivity contribution in [2.75, 3.05) is 0 Å². The number of ketones is 1. The molecule has 2 aromatic carbocycles. The fourth-order valence-electron chi connectivity index (χ4n) is 3.81. The molecule has 0 saturated heterocycles. The van der Waals surface area contributed by atoms with Crippen LogP contribution < -0.4 is 0 Å². The Balaban J connectivity index is 1.55. The van der Waals surface area contributed by atoms with Gasteiger partial charge >= 0.3 is 5.97 Å². The van der Waals surface area contributed by atoms with Gasteiger partial charge in [-0.05, 0) is 54.9 Å². The van der Waals surface area contributed by atoms with E-state index >= 15 is 0 Å². The highest BCUT2D eigenvalue weighted by atomic mass is 35.5. The Morgan fingerprint density at radius 3 is 2.36 bits per heavy atom. The molecule has 1 heterocycles. The Bertz CT molecular complexity index is 913. The molecule has 2 aromatic rings. The summed E-state index contributed by atoms with van der Waals surface area (Å²) in [4.78, 5) is 25.5. The Morgan fingerprint density at radius 2 is 1.71 bits per heavy atom. The van der Waals surface area contributed by atoms with Gasteiger partial charge in [-0.3, -0.25) is 4.79 Å². The Hall–Kier alpha value is -2.59. The van der Waals surface area contributed by atoms with Crippen molar-refractivity contribution in [2.45, 2.75) is 37.7 Å². The van der Waals surface area contributed by atoms with Crippen molar-refractivity contribution in [1.82, 2.24) is 0 Å². The smallest absolute Gasteiger partial charge is 0.339 e. The van der Waals surface area contributed by atoms with Gasteiger partial charge < -0.3 is 9.84 Å². The average Bonchev–Trinajstić information content (AvgIpc) is 3.54. The Labute approximate surface area is 168 Å². The molecule has 1 aliphatic carbocycles. The lowest BCUT2D eigenvalue weighted by Crippen LogP contribution is -2.37. The summed E-state index contributed by atoms with van der Waals surface area (Å²) >= 11 is 5.89. The van der Waals surface area contributed by atoms with Crippen molar-refractivity contribution >= 4 is 23.4 Å². The molecule has 144 valence electrons. The molecule has 0 spiro atoms. The van der Waals surface area contributed by atoms with Crippen LogP contribution in [0.15, 0.2) is 65.9 Å². The van der Waals surface area contributed by atoms with Gasteiger partial charge in [-0.2, -0.15) is 0 Å². The van der Waals surface area contributed by atoms with Gasteiger partial charge in [-0.1, -0.05) is 54.1 Å². The van der Waals surface area contributed by atoms with Crippen molar-refractivity contribution < 1.29 is 19.4 Å². The van der Waals surface area contributed by atoms with Gasteiger partial charge in [0.25, 0.3) is 0 Å². The van der Waals surface area contributed by atoms with E-state index in [0.717, 1.165) is 24.0 Å². The molecule has 1 aliphatic heterocycles. The monoisotopic (exact) mass is 396 g/mol. The van der Waals surface area contributed by atoms with E-state index in [0.29, 0.717) is 17.9 Å². The lowest BCUT2D eigenvalue weighted by Gasteiger charge is -2.28. The number of hydrogen-bond acceptors (Lipinski definition) is 4. The summed E-state index contributed by atoms with van der Waals surface area (Å²) in [7, 11) is 0. The van der Waals surface area contributed by atoms with Crippen LogP contribution >= 0.6 is 11.6 Å². The molecule has 28 heavy (non-hydrogen) atoms. The molecule has 0 radical (unpaired) electrons. The van der Waals surface area contributed by atoms with Crippen molar-refractivity contribution in [3.63, 3.8) is 0 Å². The molecule has 1 saturated carbocycles. The third-order valence-electron chi connectivity index (χ3n) is 5.42. The van der Waals surface area contributed by atoms with Crippen LogP contribution in [0.3, 0.4) is 0 Å². The van der Waals surface area contributed by atoms with Gasteiger partial charge in [-0.25, -0.2) is 4.79 Å². The number of aliphatic hydroxyl groups is 1. The molecular weight excluding hydrogens is 376 g/mol. The summed E-state index contributed by atoms with van der Waals surface area (Å²) < 4.78 is 5.48. The number of ether oxygens (including phenoxy) is 1. The number of aliphatic hydroxyl groups excluding tert-OH is 1. The lowest BCUT2D eigenvalue weighted by atomic mass is 9.83. The zero-order valence-corrected chi connectivity index (χ0v) is 16.1. The van der Waals surface area contributed by atoms with Crippen LogP contribution in [-0.2, 0) is 20.7 Å². The minimum atomic E-state index is -0.956. The van der Waals surface area contributed by atoms with E-state index < -0.39 is 23.6 Å². The van der Waals surface area contributed by atoms with Crippen LogP contribution in [-0.4, -0.2) is 23.0 Å². The summed E-state index contributed by atoms with van der Waals surface area (Å²) in [6.07, 6.45) is 1.86. The van der Waals surface area contributed by atoms with E-state index in [9.17, 15) is 14.7 Å². The van der Waals surface area contributed by atoms with Crippen molar-refractivity contribution in [3.05, 3.63) is 82.1 Å². The fraction of sp³-hybridized carbons (Fsp3) is 0.304. The SMILES string of the molecule is O=C1OC(CCc2ccc(Cl)cc2)C(=O)C(O)=C1C(c1ccccc1)C1CC1. The zero-order chi connectivity index (χ0) is 19.7. The zero-order valence-electron chi connectivity index (χ0n) is 15.3. The van der Waals surface area contributed by atoms with Crippen LogP contribution in [0, 0.1) is 5.92 Å². The van der Waals surface area contributed by atoms with Crippen LogP contribution in [0.25, 0.3) is 0 Å². The number of aryl methyl sites for hydroxylation is 1. The highest BCUT2D eigenvalue weighted by molar-refractivity contribution is 6.30. The van der Waals surface area contributed by atoms with Gasteiger partial charge in [0.1, 0.15) is 0 Å². The quantitative estimate of drug-likeness (QED) is 0.714. The van der Waals surface area contributed by atoms with Gasteiger partial charge in [-0.15, -0.1) is 0 Å². The second kappa shape index (κ2) is 7.80. The van der Waals surface area contributed by atoms with Gasteiger partial charge in [0.05, 0.1) is 5.57 Å². The molecule has 5 heteroatoms. The number of Topliss-reactive ketones (excluding diaryl/α,β-unsaturated/α-hetero) is 1. The molecule has 2 unspecified atom stereocenters. The normalized spacial score (nSPS) is 20.8. The minimum absolute atomic E-state index is 0.112. The first kappa shape index (κ1) is 18.8. The summed E-state index contributed by atoms with van der Waals surface area (Å²) in [5.74, 6) is -1.57. The molecule has 2 aliphatic rings. The standard InChI is InChI=1S/C23H21ClO4/c24-17-11-6-14(7-12-17)8-13-18-21(25)22(26)20(23(27)28-18)19(16-9-10-16)15-4-2-1-3-5-15/h1-7,11-12,16,18-19,26H,8-10,13H2. The van der Waals surface area contributed by atoms with Gasteiger partial charge in [0, 0.05) is 10.9 Å². The molecule has 1 fully saturated rings. The lowest BCUT2D eigenvalue weighted by molar-refractivity contribution is -0.155. The molecule has 1 N–H and O–H groups in total. The number of rotatable bonds is 6. The first-order valence-corrected chi connectivity index (χ1v) is 9.90. The molecule has 2 atom stereocenters. The van der Waals surface area contributed by atoms with E-state index in [1.165, 1.54) is 0 Å². The van der Waals surface area contributed by atoms with Crippen LogP contribution in [0.4, 0.5) is 0 Å². The van der Waals surface area contributed by atoms with E-state index in [1.807, 2.05) is 42.5 Å². The predicted molar refractivity (Wildman–Crippen MR) is 106 cm³/mol. The third kappa shape index (κ3) is 3.83. The topological polar surface area (TPSA) is 63.6 Å². The van der Waals surface area contributed by atoms with E-state index in [-0.39, 0.29) is 17.4 Å². The number of carbonyl (C=O) groups excluding carboxylic acids is 2. The average molecular weight is 397 g/mol. The first-order chi connectivity index (χ1) is 13.5. The van der Waals surface area contributed by atoms with E-state index in [4.69, 9.17) is 16.3 Å². The molecule has 0 aromatic heterocycles. The predicted octanol–water partition coefficient (Wildman–Crippen LogP) is 4.77. The minimum Gasteiger partial charge on any atom is -0.504 e. The highest BCUT2D eigenvalue weighted by Gasteiger charge is 2.45. The van der Waals surface area contributed by atoms with Crippen LogP contribution in [0.2, 0.25) is 5.02 Å². The van der Waals surface area contributed by atoms with Gasteiger partial charge in [0.2, 0.25) is 5.78 Å². The molecule has 4 rings (SSSR count). The number of carbonyl (C=O) groups is 2. The Morgan fingerprint density at radius 1 is 1.04 bits per heavy atom. The maximum Gasteiger partial charge on any atom is 0.339 e. The Kier molecular flexibility index (Phi) is 5.23. The number of esters is 1. The van der Waals surface area contributed by atoms with E-state index in [2.05, 4.69) is 0 Å². The van der Waals surface area contributed by atoms with E-state index in [1.54, 1.807) is 12.1 Å². The number of halogens is 1. The second-order valence-electron chi connectivity index (χ2n) is 7.41. The fourth-order valence-corrected chi connectivity index (χ4v) is 3.93. The third-order valence-corrected chi connectivity index (χ3v) is 5.67. The largest absolute Gasteiger partial charge is 0.504 e. The summed E-state index contributed by atoms with van der Waals surface area (Å²) in [6.45, 7) is 0. The number of cyclic esters (lactones) is 1. The van der Waals surface area contributed by atoms with Crippen LogP contribution in [0.1, 0.15) is 36.3 Å². The van der Waals surface area contributed by atoms with Crippen LogP contribution in [0.5, 0.6) is 0 Å².